The first-order valence-corrected chi connectivity index (χ1v) is 7.80. The van der Waals surface area contributed by atoms with Crippen LogP contribution in [-0.4, -0.2) is 35.2 Å². The van der Waals surface area contributed by atoms with Crippen molar-refractivity contribution in [2.75, 3.05) is 13.7 Å². The SMILES string of the molecule is COC(=O)C1=CNC(C(=O)[O-])=CSC1c1cn2c(n1)COCC2.[Na+]. The first-order valence-electron chi connectivity index (χ1n) is 6.85. The van der Waals surface area contributed by atoms with Crippen molar-refractivity contribution in [2.24, 2.45) is 0 Å². The Hall–Kier alpha value is -1.26. The number of esters is 1. The molecule has 0 spiro atoms. The van der Waals surface area contributed by atoms with Crippen LogP contribution in [0.3, 0.4) is 0 Å². The second-order valence-corrected chi connectivity index (χ2v) is 5.88. The van der Waals surface area contributed by atoms with E-state index in [4.69, 9.17) is 9.47 Å². The number of hydrogen-bond acceptors (Lipinski definition) is 8. The standard InChI is InChI=1S/C14H15N3O5S.Na/c1-21-14(20)8-4-15-10(13(18)19)7-23-12(8)9-5-17-2-3-22-6-11(17)16-9;/h4-5,7,12,15H,2-3,6H2,1H3,(H,18,19);/q;+1/p-1. The summed E-state index contributed by atoms with van der Waals surface area (Å²) in [5.74, 6) is -1.13. The molecular formula is C14H14N3NaO5S. The van der Waals surface area contributed by atoms with Crippen LogP contribution in [-0.2, 0) is 32.2 Å². The normalized spacial score (nSPS) is 19.6. The van der Waals surface area contributed by atoms with Crippen molar-refractivity contribution in [3.63, 3.8) is 0 Å². The molecule has 0 aliphatic carbocycles. The molecule has 1 N–H and O–H groups in total. The summed E-state index contributed by atoms with van der Waals surface area (Å²) in [5.41, 5.74) is 0.803. The molecule has 0 saturated carbocycles. The zero-order valence-electron chi connectivity index (χ0n) is 13.3. The van der Waals surface area contributed by atoms with Crippen LogP contribution >= 0.6 is 11.8 Å². The van der Waals surface area contributed by atoms with Crippen LogP contribution in [0.15, 0.2) is 29.1 Å². The van der Waals surface area contributed by atoms with E-state index >= 15 is 0 Å². The monoisotopic (exact) mass is 359 g/mol. The summed E-state index contributed by atoms with van der Waals surface area (Å²) >= 11 is 1.16. The van der Waals surface area contributed by atoms with Crippen LogP contribution in [0.2, 0.25) is 0 Å². The Morgan fingerprint density at radius 1 is 1.54 bits per heavy atom. The molecule has 1 aromatic rings. The molecule has 2 aliphatic rings. The Bertz CT molecular complexity index is 692. The molecule has 122 valence electrons. The van der Waals surface area contributed by atoms with Gasteiger partial charge in [0.15, 0.2) is 0 Å². The van der Waals surface area contributed by atoms with E-state index in [0.29, 0.717) is 25.5 Å². The summed E-state index contributed by atoms with van der Waals surface area (Å²) in [5, 5.41) is 14.5. The van der Waals surface area contributed by atoms with Crippen molar-refractivity contribution in [2.45, 2.75) is 18.4 Å². The van der Waals surface area contributed by atoms with Gasteiger partial charge in [0, 0.05) is 18.9 Å². The Morgan fingerprint density at radius 2 is 2.33 bits per heavy atom. The average molecular weight is 359 g/mol. The van der Waals surface area contributed by atoms with Gasteiger partial charge in [-0.25, -0.2) is 9.78 Å². The first-order chi connectivity index (χ1) is 11.1. The van der Waals surface area contributed by atoms with E-state index in [9.17, 15) is 14.7 Å². The Labute approximate surface area is 164 Å². The smallest absolute Gasteiger partial charge is 0.543 e. The Kier molecular flexibility index (Phi) is 6.53. The van der Waals surface area contributed by atoms with Crippen LogP contribution in [0, 0.1) is 0 Å². The van der Waals surface area contributed by atoms with Crippen molar-refractivity contribution in [3.8, 4) is 0 Å². The number of nitrogens with one attached hydrogen (secondary N) is 1. The summed E-state index contributed by atoms with van der Waals surface area (Å²) in [6.45, 7) is 1.71. The molecule has 10 heteroatoms. The van der Waals surface area contributed by atoms with Gasteiger partial charge in [0.05, 0.1) is 41.9 Å². The fourth-order valence-corrected chi connectivity index (χ4v) is 3.33. The molecule has 0 bridgehead atoms. The second-order valence-electron chi connectivity index (χ2n) is 4.90. The van der Waals surface area contributed by atoms with Crippen LogP contribution in [0.1, 0.15) is 16.8 Å². The number of nitrogens with zero attached hydrogens (tertiary/aromatic N) is 2. The van der Waals surface area contributed by atoms with E-state index in [1.54, 1.807) is 0 Å². The van der Waals surface area contributed by atoms with Crippen molar-refractivity contribution in [1.82, 2.24) is 14.9 Å². The average Bonchev–Trinajstić information content (AvgIpc) is 2.85. The second kappa shape index (κ2) is 8.21. The molecule has 3 heterocycles. The van der Waals surface area contributed by atoms with Crippen LogP contribution in [0.5, 0.6) is 0 Å². The number of carbonyl (C=O) groups excluding carboxylic acids is 2. The van der Waals surface area contributed by atoms with E-state index in [-0.39, 0.29) is 40.8 Å². The number of carboxylic acids is 1. The number of aliphatic carboxylic acids is 1. The number of fused-ring (bicyclic) bond motifs is 1. The van der Waals surface area contributed by atoms with Crippen LogP contribution in [0.4, 0.5) is 0 Å². The van der Waals surface area contributed by atoms with Gasteiger partial charge in [-0.2, -0.15) is 0 Å². The summed E-state index contributed by atoms with van der Waals surface area (Å²) in [6, 6.07) is 0. The predicted octanol–water partition coefficient (Wildman–Crippen LogP) is -3.56. The third-order valence-electron chi connectivity index (χ3n) is 3.48. The molecular weight excluding hydrogens is 345 g/mol. The largest absolute Gasteiger partial charge is 1.00 e. The molecule has 0 aromatic carbocycles. The summed E-state index contributed by atoms with van der Waals surface area (Å²) in [6.07, 6.45) is 3.18. The molecule has 0 fully saturated rings. The van der Waals surface area contributed by atoms with Gasteiger partial charge in [-0.3, -0.25) is 0 Å². The van der Waals surface area contributed by atoms with Crippen molar-refractivity contribution in [3.05, 3.63) is 40.6 Å². The third kappa shape index (κ3) is 3.86. The van der Waals surface area contributed by atoms with Crippen LogP contribution < -0.4 is 40.0 Å². The zero-order chi connectivity index (χ0) is 16.4. The van der Waals surface area contributed by atoms with Crippen LogP contribution in [0.25, 0.3) is 0 Å². The van der Waals surface area contributed by atoms with Gasteiger partial charge in [0.2, 0.25) is 0 Å². The number of aromatic nitrogens is 2. The van der Waals surface area contributed by atoms with E-state index in [0.717, 1.165) is 17.6 Å². The topological polar surface area (TPSA) is 106 Å². The van der Waals surface area contributed by atoms with Crippen molar-refractivity contribution < 1.29 is 53.7 Å². The molecule has 24 heavy (non-hydrogen) atoms. The molecule has 1 unspecified atom stereocenters. The number of methoxy groups -OCH3 is 1. The third-order valence-corrected chi connectivity index (χ3v) is 4.62. The summed E-state index contributed by atoms with van der Waals surface area (Å²) in [4.78, 5) is 27.6. The van der Waals surface area contributed by atoms with E-state index < -0.39 is 17.2 Å². The number of carboxylic acid groups (broad SMARTS) is 1. The molecule has 8 nitrogen and oxygen atoms in total. The Morgan fingerprint density at radius 3 is 3.00 bits per heavy atom. The van der Waals surface area contributed by atoms with Crippen molar-refractivity contribution >= 4 is 23.7 Å². The molecule has 0 amide bonds. The van der Waals surface area contributed by atoms with Gasteiger partial charge in [-0.05, 0) is 5.41 Å². The maximum absolute atomic E-state index is 12.0. The van der Waals surface area contributed by atoms with Gasteiger partial charge < -0.3 is 29.3 Å². The number of carbonyl (C=O) groups is 2. The van der Waals surface area contributed by atoms with Gasteiger partial charge in [0.25, 0.3) is 0 Å². The van der Waals surface area contributed by atoms with Crippen molar-refractivity contribution in [1.29, 1.82) is 0 Å². The number of thioether (sulfide) groups is 1. The fourth-order valence-electron chi connectivity index (χ4n) is 2.33. The van der Waals surface area contributed by atoms with E-state index in [1.165, 1.54) is 18.7 Å². The summed E-state index contributed by atoms with van der Waals surface area (Å²) in [7, 11) is 1.27. The zero-order valence-corrected chi connectivity index (χ0v) is 16.1. The number of ether oxygens (including phenoxy) is 2. The van der Waals surface area contributed by atoms with E-state index in [1.807, 2.05) is 10.8 Å². The maximum Gasteiger partial charge on any atom is 1.00 e. The minimum absolute atomic E-state index is 0. The van der Waals surface area contributed by atoms with Gasteiger partial charge >= 0.3 is 35.5 Å². The number of imidazole rings is 1. The minimum Gasteiger partial charge on any atom is -0.543 e. The van der Waals surface area contributed by atoms with Gasteiger partial charge in [0.1, 0.15) is 12.4 Å². The quantitative estimate of drug-likeness (QED) is 0.437. The summed E-state index contributed by atoms with van der Waals surface area (Å²) < 4.78 is 12.1. The first kappa shape index (κ1) is 19.1. The van der Waals surface area contributed by atoms with Gasteiger partial charge in [-0.1, -0.05) is 0 Å². The Balaban J connectivity index is 0.00000208. The number of hydrogen-bond donors (Lipinski definition) is 1. The molecule has 3 rings (SSSR count). The van der Waals surface area contributed by atoms with E-state index in [2.05, 4.69) is 10.3 Å². The molecule has 1 aromatic heterocycles. The molecule has 1 atom stereocenters. The minimum atomic E-state index is -1.35. The molecule has 0 saturated heterocycles. The number of rotatable bonds is 3. The fraction of sp³-hybridized carbons (Fsp3) is 0.357. The van der Waals surface area contributed by atoms with Gasteiger partial charge in [-0.15, -0.1) is 11.8 Å². The predicted molar refractivity (Wildman–Crippen MR) is 78.5 cm³/mol. The maximum atomic E-state index is 12.0. The molecule has 0 radical (unpaired) electrons. The molecule has 2 aliphatic heterocycles.